The maximum Gasteiger partial charge on any atom is 0.257 e. The lowest BCUT2D eigenvalue weighted by molar-refractivity contribution is -0.127. The van der Waals surface area contributed by atoms with Gasteiger partial charge >= 0.3 is 0 Å². The summed E-state index contributed by atoms with van der Waals surface area (Å²) in [6.07, 6.45) is 1.68. The van der Waals surface area contributed by atoms with Crippen LogP contribution in [0.2, 0.25) is 0 Å². The molecule has 0 aliphatic rings. The van der Waals surface area contributed by atoms with Gasteiger partial charge in [0.1, 0.15) is 11.3 Å². The topological polar surface area (TPSA) is 119 Å². The molecule has 0 aliphatic heterocycles. The maximum absolute atomic E-state index is 12.3. The number of nitrogens with zero attached hydrogens (tertiary/aromatic N) is 7. The van der Waals surface area contributed by atoms with Crippen LogP contribution < -0.4 is 5.32 Å². The van der Waals surface area contributed by atoms with Crippen LogP contribution in [0.3, 0.4) is 0 Å². The second-order valence-electron chi connectivity index (χ2n) is 5.62. The van der Waals surface area contributed by atoms with Gasteiger partial charge in [-0.15, -0.1) is 15.3 Å². The van der Waals surface area contributed by atoms with Crippen molar-refractivity contribution in [3.05, 3.63) is 46.7 Å². The third-order valence-corrected chi connectivity index (χ3v) is 4.28. The van der Waals surface area contributed by atoms with Crippen LogP contribution in [0.5, 0.6) is 0 Å². The molecule has 26 heavy (non-hydrogen) atoms. The summed E-state index contributed by atoms with van der Waals surface area (Å²) < 4.78 is 1.59. The highest BCUT2D eigenvalue weighted by molar-refractivity contribution is 7.15. The van der Waals surface area contributed by atoms with Gasteiger partial charge in [0.15, 0.2) is 0 Å². The Morgan fingerprint density at radius 3 is 2.62 bits per heavy atom. The van der Waals surface area contributed by atoms with Crippen LogP contribution in [0, 0.1) is 0 Å². The second kappa shape index (κ2) is 7.78. The predicted octanol–water partition coefficient (Wildman–Crippen LogP) is 0.456. The Morgan fingerprint density at radius 1 is 1.19 bits per heavy atom. The molecule has 11 heteroatoms. The summed E-state index contributed by atoms with van der Waals surface area (Å²) in [5, 5.41) is 22.4. The van der Waals surface area contributed by atoms with Crippen molar-refractivity contribution in [3.8, 4) is 0 Å². The number of rotatable bonds is 6. The fourth-order valence-electron chi connectivity index (χ4n) is 2.03. The highest BCUT2D eigenvalue weighted by Crippen LogP contribution is 2.17. The summed E-state index contributed by atoms with van der Waals surface area (Å²) >= 11 is 1.18. The molecule has 0 spiro atoms. The molecule has 0 bridgehead atoms. The predicted molar refractivity (Wildman–Crippen MR) is 93.6 cm³/mol. The van der Waals surface area contributed by atoms with E-state index in [0.29, 0.717) is 22.2 Å². The van der Waals surface area contributed by atoms with E-state index in [2.05, 4.69) is 31.0 Å². The van der Waals surface area contributed by atoms with Crippen molar-refractivity contribution in [2.75, 3.05) is 19.4 Å². The van der Waals surface area contributed by atoms with Crippen molar-refractivity contribution in [1.82, 2.24) is 35.3 Å². The third-order valence-electron chi connectivity index (χ3n) is 3.44. The van der Waals surface area contributed by atoms with Crippen molar-refractivity contribution >= 4 is 28.3 Å². The number of benzene rings is 1. The lowest BCUT2D eigenvalue weighted by Crippen LogP contribution is -2.23. The highest BCUT2D eigenvalue weighted by Gasteiger charge is 2.13. The Bertz CT molecular complexity index is 889. The van der Waals surface area contributed by atoms with E-state index < -0.39 is 0 Å². The fraction of sp³-hybridized carbons (Fsp3) is 0.267. The number of aromatic nitrogens is 6. The summed E-state index contributed by atoms with van der Waals surface area (Å²) in [5.74, 6) is -0.363. The number of tetrazole rings is 1. The molecule has 0 fully saturated rings. The Morgan fingerprint density at radius 2 is 1.96 bits per heavy atom. The van der Waals surface area contributed by atoms with E-state index >= 15 is 0 Å². The van der Waals surface area contributed by atoms with Crippen molar-refractivity contribution in [2.24, 2.45) is 0 Å². The first kappa shape index (κ1) is 17.6. The molecule has 134 valence electrons. The van der Waals surface area contributed by atoms with Crippen molar-refractivity contribution in [3.63, 3.8) is 0 Å². The van der Waals surface area contributed by atoms with Crippen molar-refractivity contribution < 1.29 is 9.59 Å². The Balaban J connectivity index is 1.59. The fourth-order valence-corrected chi connectivity index (χ4v) is 2.76. The van der Waals surface area contributed by atoms with Gasteiger partial charge in [0.25, 0.3) is 5.91 Å². The quantitative estimate of drug-likeness (QED) is 0.667. The van der Waals surface area contributed by atoms with Crippen LogP contribution >= 0.6 is 11.3 Å². The Labute approximate surface area is 152 Å². The van der Waals surface area contributed by atoms with Crippen LogP contribution in [0.1, 0.15) is 20.9 Å². The minimum absolute atomic E-state index is 0.0720. The molecule has 0 unspecified atom stereocenters. The monoisotopic (exact) mass is 372 g/mol. The Kier molecular flexibility index (Phi) is 5.27. The molecule has 10 nitrogen and oxygen atoms in total. The molecule has 0 radical (unpaired) electrons. The molecular weight excluding hydrogens is 356 g/mol. The highest BCUT2D eigenvalue weighted by atomic mass is 32.1. The van der Waals surface area contributed by atoms with E-state index in [4.69, 9.17) is 0 Å². The summed E-state index contributed by atoms with van der Waals surface area (Å²) in [4.78, 5) is 25.5. The average molecular weight is 372 g/mol. The van der Waals surface area contributed by atoms with Gasteiger partial charge in [-0.2, -0.15) is 0 Å². The Hall–Kier alpha value is -3.21. The van der Waals surface area contributed by atoms with Gasteiger partial charge in [0, 0.05) is 19.7 Å². The molecular formula is C15H16N8O2S. The summed E-state index contributed by atoms with van der Waals surface area (Å²) in [7, 11) is 3.35. The van der Waals surface area contributed by atoms with Crippen LogP contribution in [-0.4, -0.2) is 61.2 Å². The molecule has 3 aromatic rings. The molecule has 1 aromatic carbocycles. The number of hydrogen-bond donors (Lipinski definition) is 1. The molecule has 2 amide bonds. The van der Waals surface area contributed by atoms with Gasteiger partial charge in [0.05, 0.1) is 13.0 Å². The van der Waals surface area contributed by atoms with Gasteiger partial charge in [-0.1, -0.05) is 23.5 Å². The lowest BCUT2D eigenvalue weighted by Gasteiger charge is -2.07. The third kappa shape index (κ3) is 4.45. The zero-order valence-corrected chi connectivity index (χ0v) is 15.0. The van der Waals surface area contributed by atoms with E-state index in [0.717, 1.165) is 5.56 Å². The van der Waals surface area contributed by atoms with Crippen LogP contribution in [0.4, 0.5) is 5.13 Å². The summed E-state index contributed by atoms with van der Waals surface area (Å²) in [6, 6.07) is 7.09. The largest absolute Gasteiger partial charge is 0.348 e. The number of nitrogens with one attached hydrogen (secondary N) is 1. The molecule has 0 saturated carbocycles. The van der Waals surface area contributed by atoms with Crippen molar-refractivity contribution in [1.29, 1.82) is 0 Å². The van der Waals surface area contributed by atoms with Gasteiger partial charge in [-0.25, -0.2) is 4.68 Å². The van der Waals surface area contributed by atoms with E-state index in [1.807, 2.05) is 12.1 Å². The van der Waals surface area contributed by atoms with Crippen LogP contribution in [0.15, 0.2) is 30.6 Å². The second-order valence-corrected chi connectivity index (χ2v) is 6.69. The molecule has 0 atom stereocenters. The number of likely N-dealkylation sites (N-methyl/N-ethyl adjacent to an activating group) is 1. The van der Waals surface area contributed by atoms with E-state index in [9.17, 15) is 9.59 Å². The molecule has 0 saturated heterocycles. The number of hydrogen-bond acceptors (Lipinski definition) is 8. The van der Waals surface area contributed by atoms with Gasteiger partial charge in [-0.3, -0.25) is 14.9 Å². The molecule has 0 aliphatic carbocycles. The normalized spacial score (nSPS) is 10.5. The number of carbonyl (C=O) groups is 2. The minimum Gasteiger partial charge on any atom is -0.348 e. The summed E-state index contributed by atoms with van der Waals surface area (Å²) in [5.41, 5.74) is 1.46. The van der Waals surface area contributed by atoms with E-state index in [1.165, 1.54) is 22.6 Å². The van der Waals surface area contributed by atoms with Gasteiger partial charge in [0.2, 0.25) is 11.0 Å². The number of anilines is 1. The smallest absolute Gasteiger partial charge is 0.257 e. The molecule has 2 heterocycles. The minimum atomic E-state index is -0.291. The van der Waals surface area contributed by atoms with E-state index in [1.54, 1.807) is 30.9 Å². The first-order chi connectivity index (χ1) is 12.5. The SMILES string of the molecule is CN(C)C(=O)Cc1nnc(NC(=O)c2ccc(Cn3cnnn3)cc2)s1. The first-order valence-corrected chi connectivity index (χ1v) is 8.46. The zero-order chi connectivity index (χ0) is 18.5. The molecule has 3 rings (SSSR count). The van der Waals surface area contributed by atoms with E-state index in [-0.39, 0.29) is 18.2 Å². The van der Waals surface area contributed by atoms with Crippen LogP contribution in [0.25, 0.3) is 0 Å². The summed E-state index contributed by atoms with van der Waals surface area (Å²) in [6.45, 7) is 0.522. The molecule has 2 aromatic heterocycles. The van der Waals surface area contributed by atoms with Gasteiger partial charge in [-0.05, 0) is 28.1 Å². The lowest BCUT2D eigenvalue weighted by atomic mass is 10.1. The standard InChI is InChI=1S/C15H16N8O2S/c1-22(2)13(24)7-12-18-19-15(26-12)17-14(25)11-5-3-10(4-6-11)8-23-9-16-20-21-23/h3-6,9H,7-8H2,1-2H3,(H,17,19,25). The van der Waals surface area contributed by atoms with Gasteiger partial charge < -0.3 is 4.90 Å². The van der Waals surface area contributed by atoms with Crippen LogP contribution in [-0.2, 0) is 17.8 Å². The maximum atomic E-state index is 12.3. The first-order valence-electron chi connectivity index (χ1n) is 7.65. The number of amides is 2. The number of carbonyl (C=O) groups excluding carboxylic acids is 2. The average Bonchev–Trinajstić information content (AvgIpc) is 3.27. The zero-order valence-electron chi connectivity index (χ0n) is 14.2. The molecule has 1 N–H and O–H groups in total. The van der Waals surface area contributed by atoms with Crippen molar-refractivity contribution in [2.45, 2.75) is 13.0 Å².